The minimum Gasteiger partial charge on any atom is -0.508 e. The first-order chi connectivity index (χ1) is 18.0. The standard InChI is InChI=1S/C29H31FN2O6/c1-6-37-29(36)27(34)31-22-13-18(4)26(19(5)14-22)38-24-11-12-25(33)20(15-24)16-32(28(35)17(2)3)23-9-7-21(30)8-10-23/h7-15,17,33H,6,16H2,1-5H3,(H,31,34). The number of ether oxygens (including phenoxy) is 2. The topological polar surface area (TPSA) is 105 Å². The van der Waals surface area contributed by atoms with Crippen molar-refractivity contribution in [1.82, 2.24) is 0 Å². The maximum Gasteiger partial charge on any atom is 0.397 e. The maximum atomic E-state index is 13.5. The van der Waals surface area contributed by atoms with Crippen LogP contribution in [0.2, 0.25) is 0 Å². The molecular formula is C29H31FN2O6. The molecule has 0 aromatic heterocycles. The largest absolute Gasteiger partial charge is 0.508 e. The van der Waals surface area contributed by atoms with Gasteiger partial charge < -0.3 is 24.8 Å². The van der Waals surface area contributed by atoms with Gasteiger partial charge in [-0.2, -0.15) is 0 Å². The number of carbonyl (C=O) groups excluding carboxylic acids is 3. The fourth-order valence-corrected chi connectivity index (χ4v) is 3.83. The van der Waals surface area contributed by atoms with Gasteiger partial charge in [0.05, 0.1) is 13.2 Å². The van der Waals surface area contributed by atoms with Gasteiger partial charge in [0.2, 0.25) is 5.91 Å². The first-order valence-electron chi connectivity index (χ1n) is 12.2. The molecule has 0 spiro atoms. The van der Waals surface area contributed by atoms with Crippen molar-refractivity contribution >= 4 is 29.2 Å². The molecule has 0 aliphatic rings. The van der Waals surface area contributed by atoms with Gasteiger partial charge in [0.1, 0.15) is 23.1 Å². The van der Waals surface area contributed by atoms with Crippen LogP contribution in [-0.2, 0) is 25.7 Å². The molecule has 0 aliphatic carbocycles. The van der Waals surface area contributed by atoms with Crippen molar-refractivity contribution in [1.29, 1.82) is 0 Å². The molecule has 3 aromatic carbocycles. The van der Waals surface area contributed by atoms with Crippen molar-refractivity contribution in [3.63, 3.8) is 0 Å². The molecule has 2 amide bonds. The molecular weight excluding hydrogens is 491 g/mol. The third kappa shape index (κ3) is 6.88. The smallest absolute Gasteiger partial charge is 0.397 e. The lowest BCUT2D eigenvalue weighted by Crippen LogP contribution is -2.33. The number of benzene rings is 3. The average Bonchev–Trinajstić information content (AvgIpc) is 2.86. The third-order valence-corrected chi connectivity index (χ3v) is 5.68. The number of phenolic OH excluding ortho intramolecular Hbond substituents is 1. The van der Waals surface area contributed by atoms with Crippen LogP contribution in [0, 0.1) is 25.6 Å². The van der Waals surface area contributed by atoms with E-state index in [9.17, 15) is 23.9 Å². The van der Waals surface area contributed by atoms with Crippen LogP contribution in [0.4, 0.5) is 15.8 Å². The Labute approximate surface area is 221 Å². The Balaban J connectivity index is 1.86. The lowest BCUT2D eigenvalue weighted by molar-refractivity contribution is -0.152. The van der Waals surface area contributed by atoms with Crippen molar-refractivity contribution in [2.45, 2.75) is 41.2 Å². The number of nitrogens with one attached hydrogen (secondary N) is 1. The zero-order valence-electron chi connectivity index (χ0n) is 22.0. The van der Waals surface area contributed by atoms with Crippen LogP contribution in [0.1, 0.15) is 37.5 Å². The fraction of sp³-hybridized carbons (Fsp3) is 0.276. The molecule has 0 saturated heterocycles. The Hall–Kier alpha value is -4.40. The average molecular weight is 523 g/mol. The number of amides is 2. The second-order valence-corrected chi connectivity index (χ2v) is 9.06. The Morgan fingerprint density at radius 3 is 2.21 bits per heavy atom. The van der Waals surface area contributed by atoms with Crippen molar-refractivity contribution in [3.8, 4) is 17.2 Å². The molecule has 0 saturated carbocycles. The van der Waals surface area contributed by atoms with E-state index < -0.39 is 17.7 Å². The van der Waals surface area contributed by atoms with Crippen LogP contribution in [0.15, 0.2) is 54.6 Å². The van der Waals surface area contributed by atoms with Gasteiger partial charge in [-0.15, -0.1) is 0 Å². The molecule has 0 aliphatic heterocycles. The van der Waals surface area contributed by atoms with E-state index in [-0.39, 0.29) is 30.7 Å². The van der Waals surface area contributed by atoms with E-state index in [0.29, 0.717) is 39.6 Å². The number of hydrogen-bond acceptors (Lipinski definition) is 6. The second kappa shape index (κ2) is 12.2. The molecule has 0 fully saturated rings. The van der Waals surface area contributed by atoms with Gasteiger partial charge in [0.15, 0.2) is 0 Å². The summed E-state index contributed by atoms with van der Waals surface area (Å²) in [6.07, 6.45) is 0. The molecule has 2 N–H and O–H groups in total. The van der Waals surface area contributed by atoms with E-state index >= 15 is 0 Å². The number of rotatable bonds is 8. The molecule has 8 nitrogen and oxygen atoms in total. The van der Waals surface area contributed by atoms with Crippen molar-refractivity contribution < 1.29 is 33.4 Å². The van der Waals surface area contributed by atoms with Crippen molar-refractivity contribution in [2.75, 3.05) is 16.8 Å². The van der Waals surface area contributed by atoms with Crippen LogP contribution in [0.3, 0.4) is 0 Å². The SMILES string of the molecule is CCOC(=O)C(=O)Nc1cc(C)c(Oc2ccc(O)c(CN(C(=O)C(C)C)c3ccc(F)cc3)c2)c(C)c1. The van der Waals surface area contributed by atoms with E-state index in [1.807, 2.05) is 0 Å². The maximum absolute atomic E-state index is 13.5. The Morgan fingerprint density at radius 2 is 1.63 bits per heavy atom. The van der Waals surface area contributed by atoms with Crippen molar-refractivity contribution in [2.24, 2.45) is 5.92 Å². The molecule has 9 heteroatoms. The summed E-state index contributed by atoms with van der Waals surface area (Å²) in [5, 5.41) is 13.1. The summed E-state index contributed by atoms with van der Waals surface area (Å²) in [4.78, 5) is 38.0. The summed E-state index contributed by atoms with van der Waals surface area (Å²) in [5.74, 6) is -1.83. The summed E-state index contributed by atoms with van der Waals surface area (Å²) in [7, 11) is 0. The molecule has 0 atom stereocenters. The highest BCUT2D eigenvalue weighted by Gasteiger charge is 2.22. The Kier molecular flexibility index (Phi) is 9.07. The lowest BCUT2D eigenvalue weighted by atomic mass is 10.1. The number of aryl methyl sites for hydroxylation is 2. The molecule has 38 heavy (non-hydrogen) atoms. The molecule has 0 unspecified atom stereocenters. The number of carbonyl (C=O) groups is 3. The predicted octanol–water partition coefficient (Wildman–Crippen LogP) is 5.63. The van der Waals surface area contributed by atoms with Crippen LogP contribution < -0.4 is 15.0 Å². The molecule has 200 valence electrons. The van der Waals surface area contributed by atoms with Crippen LogP contribution in [-0.4, -0.2) is 29.5 Å². The zero-order chi connectivity index (χ0) is 28.0. The summed E-state index contributed by atoms with van der Waals surface area (Å²) in [6.45, 7) is 8.87. The number of nitrogens with zero attached hydrogens (tertiary/aromatic N) is 1. The van der Waals surface area contributed by atoms with Crippen LogP contribution >= 0.6 is 0 Å². The number of phenols is 1. The van der Waals surface area contributed by atoms with E-state index in [1.165, 1.54) is 35.2 Å². The summed E-state index contributed by atoms with van der Waals surface area (Å²) in [5.41, 5.74) is 2.75. The predicted molar refractivity (Wildman–Crippen MR) is 142 cm³/mol. The van der Waals surface area contributed by atoms with Gasteiger partial charge >= 0.3 is 11.9 Å². The number of hydrogen-bond donors (Lipinski definition) is 2. The van der Waals surface area contributed by atoms with Gasteiger partial charge in [-0.3, -0.25) is 9.59 Å². The molecule has 0 heterocycles. The van der Waals surface area contributed by atoms with Gasteiger partial charge in [0.25, 0.3) is 0 Å². The number of anilines is 2. The van der Waals surface area contributed by atoms with Gasteiger partial charge in [0, 0.05) is 22.9 Å². The normalized spacial score (nSPS) is 10.7. The summed E-state index contributed by atoms with van der Waals surface area (Å²) < 4.78 is 24.3. The Morgan fingerprint density at radius 1 is 1.00 bits per heavy atom. The van der Waals surface area contributed by atoms with Gasteiger partial charge in [-0.05, 0) is 86.5 Å². The van der Waals surface area contributed by atoms with Crippen molar-refractivity contribution in [3.05, 3.63) is 77.1 Å². The Bertz CT molecular complexity index is 1310. The minimum atomic E-state index is -0.967. The molecule has 0 radical (unpaired) electrons. The monoisotopic (exact) mass is 522 g/mol. The minimum absolute atomic E-state index is 0.0218. The summed E-state index contributed by atoms with van der Waals surface area (Å²) in [6, 6.07) is 13.6. The van der Waals surface area contributed by atoms with Crippen LogP contribution in [0.25, 0.3) is 0 Å². The molecule has 3 aromatic rings. The number of esters is 1. The zero-order valence-corrected chi connectivity index (χ0v) is 22.0. The first kappa shape index (κ1) is 28.2. The molecule has 0 bridgehead atoms. The second-order valence-electron chi connectivity index (χ2n) is 9.06. The van der Waals surface area contributed by atoms with E-state index in [0.717, 1.165) is 0 Å². The number of aromatic hydroxyl groups is 1. The van der Waals surface area contributed by atoms with E-state index in [2.05, 4.69) is 5.32 Å². The summed E-state index contributed by atoms with van der Waals surface area (Å²) >= 11 is 0. The van der Waals surface area contributed by atoms with E-state index in [1.54, 1.807) is 58.9 Å². The highest BCUT2D eigenvalue weighted by Crippen LogP contribution is 2.34. The lowest BCUT2D eigenvalue weighted by Gasteiger charge is -2.25. The number of halogens is 1. The van der Waals surface area contributed by atoms with Gasteiger partial charge in [-0.1, -0.05) is 13.8 Å². The molecule has 3 rings (SSSR count). The van der Waals surface area contributed by atoms with E-state index in [4.69, 9.17) is 9.47 Å². The quantitative estimate of drug-likeness (QED) is 0.293. The highest BCUT2D eigenvalue weighted by atomic mass is 19.1. The van der Waals surface area contributed by atoms with Crippen LogP contribution in [0.5, 0.6) is 17.2 Å². The third-order valence-electron chi connectivity index (χ3n) is 5.68. The highest BCUT2D eigenvalue weighted by molar-refractivity contribution is 6.37. The van der Waals surface area contributed by atoms with Gasteiger partial charge in [-0.25, -0.2) is 9.18 Å². The first-order valence-corrected chi connectivity index (χ1v) is 12.2. The fourth-order valence-electron chi connectivity index (χ4n) is 3.83.